The van der Waals surface area contributed by atoms with Crippen LogP contribution in [0.5, 0.6) is 0 Å². The molecule has 21 heavy (non-hydrogen) atoms. The van der Waals surface area contributed by atoms with Gasteiger partial charge in [0.15, 0.2) is 0 Å². The van der Waals surface area contributed by atoms with Gasteiger partial charge in [0.2, 0.25) is 0 Å². The minimum Gasteiger partial charge on any atom is -0.369 e. The molecule has 0 aromatic heterocycles. The van der Waals surface area contributed by atoms with Crippen LogP contribution < -0.4 is 5.32 Å². The summed E-state index contributed by atoms with van der Waals surface area (Å²) in [6.07, 6.45) is 2.10. The van der Waals surface area contributed by atoms with Crippen molar-refractivity contribution < 1.29 is 4.74 Å². The number of rotatable bonds is 5. The van der Waals surface area contributed by atoms with E-state index in [2.05, 4.69) is 52.1 Å². The van der Waals surface area contributed by atoms with Crippen LogP contribution in [-0.2, 0) is 11.2 Å². The van der Waals surface area contributed by atoms with Crippen LogP contribution in [-0.4, -0.2) is 23.8 Å². The summed E-state index contributed by atoms with van der Waals surface area (Å²) >= 11 is 5.98. The van der Waals surface area contributed by atoms with Crippen LogP contribution in [0.15, 0.2) is 24.3 Å². The monoisotopic (exact) mass is 309 g/mol. The third-order valence-corrected chi connectivity index (χ3v) is 4.72. The first-order chi connectivity index (χ1) is 9.73. The molecule has 2 rings (SSSR count). The van der Waals surface area contributed by atoms with E-state index < -0.39 is 0 Å². The number of likely N-dealkylation sites (N-methyl/N-ethyl adjacent to an activating group) is 1. The maximum Gasteiger partial charge on any atom is 0.0677 e. The first-order valence-corrected chi connectivity index (χ1v) is 8.29. The van der Waals surface area contributed by atoms with Crippen LogP contribution in [0.1, 0.15) is 46.6 Å². The zero-order valence-electron chi connectivity index (χ0n) is 13.9. The molecular weight excluding hydrogens is 282 g/mol. The number of hydrogen-bond acceptors (Lipinski definition) is 2. The minimum absolute atomic E-state index is 0.0398. The van der Waals surface area contributed by atoms with Gasteiger partial charge in [0.05, 0.1) is 11.2 Å². The molecule has 0 aliphatic carbocycles. The smallest absolute Gasteiger partial charge is 0.0677 e. The number of hydrogen-bond donors (Lipinski definition) is 1. The second kappa shape index (κ2) is 6.28. The van der Waals surface area contributed by atoms with E-state index in [9.17, 15) is 0 Å². The maximum atomic E-state index is 6.27. The molecule has 1 saturated heterocycles. The molecule has 1 aliphatic heterocycles. The number of benzene rings is 1. The zero-order chi connectivity index (χ0) is 15.7. The predicted molar refractivity (Wildman–Crippen MR) is 90.0 cm³/mol. The maximum absolute atomic E-state index is 6.27. The Morgan fingerprint density at radius 3 is 2.33 bits per heavy atom. The molecule has 1 aliphatic rings. The molecule has 2 unspecified atom stereocenters. The first kappa shape index (κ1) is 16.8. The van der Waals surface area contributed by atoms with E-state index in [1.807, 2.05) is 12.1 Å². The number of ether oxygens (including phenoxy) is 1. The van der Waals surface area contributed by atoms with Crippen molar-refractivity contribution in [3.63, 3.8) is 0 Å². The molecule has 0 saturated carbocycles. The lowest BCUT2D eigenvalue weighted by molar-refractivity contribution is -0.0776. The van der Waals surface area contributed by atoms with E-state index in [0.29, 0.717) is 12.0 Å². The largest absolute Gasteiger partial charge is 0.369 e. The molecule has 2 atom stereocenters. The van der Waals surface area contributed by atoms with Crippen molar-refractivity contribution in [1.29, 1.82) is 0 Å². The van der Waals surface area contributed by atoms with Crippen molar-refractivity contribution in [2.45, 2.75) is 64.7 Å². The number of nitrogens with one attached hydrogen (secondary N) is 1. The summed E-state index contributed by atoms with van der Waals surface area (Å²) in [6.45, 7) is 12.0. The molecule has 0 bridgehead atoms. The van der Waals surface area contributed by atoms with E-state index in [1.54, 1.807) is 0 Å². The van der Waals surface area contributed by atoms with Crippen LogP contribution in [0.25, 0.3) is 0 Å². The van der Waals surface area contributed by atoms with Gasteiger partial charge in [-0.15, -0.1) is 0 Å². The quantitative estimate of drug-likeness (QED) is 0.867. The van der Waals surface area contributed by atoms with Crippen LogP contribution in [0, 0.1) is 5.92 Å². The van der Waals surface area contributed by atoms with Crippen molar-refractivity contribution in [3.05, 3.63) is 34.9 Å². The van der Waals surface area contributed by atoms with Crippen molar-refractivity contribution in [2.24, 2.45) is 5.92 Å². The Morgan fingerprint density at radius 1 is 1.24 bits per heavy atom. The van der Waals surface area contributed by atoms with Gasteiger partial charge in [-0.3, -0.25) is 0 Å². The standard InChI is InChI=1S/C18H28ClNO/c1-6-20-16(11-13-7-9-14(19)10-8-13)15-12-17(2,3)21-18(15,4)5/h7-10,15-16,20H,6,11-12H2,1-5H3. The van der Waals surface area contributed by atoms with Gasteiger partial charge in [-0.25, -0.2) is 0 Å². The predicted octanol–water partition coefficient (Wildman–Crippen LogP) is 4.45. The topological polar surface area (TPSA) is 21.3 Å². The molecule has 3 heteroatoms. The highest BCUT2D eigenvalue weighted by Gasteiger charge is 2.48. The van der Waals surface area contributed by atoms with E-state index >= 15 is 0 Å². The molecule has 2 nitrogen and oxygen atoms in total. The fraction of sp³-hybridized carbons (Fsp3) is 0.667. The fourth-order valence-electron chi connectivity index (χ4n) is 3.72. The fourth-order valence-corrected chi connectivity index (χ4v) is 3.85. The van der Waals surface area contributed by atoms with Crippen LogP contribution >= 0.6 is 11.6 Å². The molecule has 1 heterocycles. The van der Waals surface area contributed by atoms with Gasteiger partial charge in [-0.1, -0.05) is 30.7 Å². The molecule has 0 radical (unpaired) electrons. The van der Waals surface area contributed by atoms with Crippen molar-refractivity contribution in [1.82, 2.24) is 5.32 Å². The van der Waals surface area contributed by atoms with E-state index in [0.717, 1.165) is 24.4 Å². The highest BCUT2D eigenvalue weighted by molar-refractivity contribution is 6.30. The average Bonchev–Trinajstić information content (AvgIpc) is 2.59. The van der Waals surface area contributed by atoms with Crippen LogP contribution in [0.2, 0.25) is 5.02 Å². The summed E-state index contributed by atoms with van der Waals surface area (Å²) in [5, 5.41) is 4.46. The second-order valence-corrected chi connectivity index (χ2v) is 7.71. The first-order valence-electron chi connectivity index (χ1n) is 7.91. The van der Waals surface area contributed by atoms with Crippen LogP contribution in [0.3, 0.4) is 0 Å². The SMILES string of the molecule is CCNC(Cc1ccc(Cl)cc1)C1CC(C)(C)OC1(C)C. The minimum atomic E-state index is -0.0945. The van der Waals surface area contributed by atoms with Crippen molar-refractivity contribution >= 4 is 11.6 Å². The van der Waals surface area contributed by atoms with E-state index in [-0.39, 0.29) is 11.2 Å². The third-order valence-electron chi connectivity index (χ3n) is 4.46. The molecule has 1 N–H and O–H groups in total. The van der Waals surface area contributed by atoms with Crippen LogP contribution in [0.4, 0.5) is 0 Å². The molecule has 118 valence electrons. The zero-order valence-corrected chi connectivity index (χ0v) is 14.6. The Labute approximate surface area is 134 Å². The van der Waals surface area contributed by atoms with Gasteiger partial charge in [0, 0.05) is 17.0 Å². The summed E-state index contributed by atoms with van der Waals surface area (Å²) in [7, 11) is 0. The summed E-state index contributed by atoms with van der Waals surface area (Å²) < 4.78 is 6.27. The van der Waals surface area contributed by atoms with Gasteiger partial charge in [-0.2, -0.15) is 0 Å². The Morgan fingerprint density at radius 2 is 1.86 bits per heavy atom. The molecule has 0 amide bonds. The molecule has 1 aromatic carbocycles. The van der Waals surface area contributed by atoms with Gasteiger partial charge in [0.25, 0.3) is 0 Å². The van der Waals surface area contributed by atoms with E-state index in [1.165, 1.54) is 5.56 Å². The Hall–Kier alpha value is -0.570. The Kier molecular flexibility index (Phi) is 5.02. The van der Waals surface area contributed by atoms with Gasteiger partial charge < -0.3 is 10.1 Å². The number of halogens is 1. The molecule has 1 aromatic rings. The lowest BCUT2D eigenvalue weighted by atomic mass is 9.79. The lowest BCUT2D eigenvalue weighted by Gasteiger charge is -2.33. The van der Waals surface area contributed by atoms with Crippen molar-refractivity contribution in [3.8, 4) is 0 Å². The Balaban J connectivity index is 2.17. The Bertz CT molecular complexity index is 467. The third kappa shape index (κ3) is 4.21. The molecule has 1 fully saturated rings. The average molecular weight is 310 g/mol. The van der Waals surface area contributed by atoms with E-state index in [4.69, 9.17) is 16.3 Å². The summed E-state index contributed by atoms with van der Waals surface area (Å²) in [4.78, 5) is 0. The lowest BCUT2D eigenvalue weighted by Crippen LogP contribution is -2.45. The van der Waals surface area contributed by atoms with Gasteiger partial charge >= 0.3 is 0 Å². The highest BCUT2D eigenvalue weighted by Crippen LogP contribution is 2.44. The summed E-state index contributed by atoms with van der Waals surface area (Å²) in [5.41, 5.74) is 1.19. The molecule has 0 spiro atoms. The summed E-state index contributed by atoms with van der Waals surface area (Å²) in [5.74, 6) is 0.503. The normalized spacial score (nSPS) is 25.0. The summed E-state index contributed by atoms with van der Waals surface area (Å²) in [6, 6.07) is 8.62. The molecular formula is C18H28ClNO. The van der Waals surface area contributed by atoms with Crippen molar-refractivity contribution in [2.75, 3.05) is 6.54 Å². The van der Waals surface area contributed by atoms with Gasteiger partial charge in [0.1, 0.15) is 0 Å². The second-order valence-electron chi connectivity index (χ2n) is 7.27. The van der Waals surface area contributed by atoms with Gasteiger partial charge in [-0.05, 0) is 64.8 Å². The highest BCUT2D eigenvalue weighted by atomic mass is 35.5.